The lowest BCUT2D eigenvalue weighted by atomic mass is 10.1. The maximum atomic E-state index is 13.7. The van der Waals surface area contributed by atoms with Crippen LogP contribution in [0, 0.1) is 11.6 Å². The first kappa shape index (κ1) is 14.4. The Bertz CT molecular complexity index is 473. The molecule has 1 aromatic carbocycles. The van der Waals surface area contributed by atoms with Crippen LogP contribution in [-0.4, -0.2) is 36.6 Å². The summed E-state index contributed by atoms with van der Waals surface area (Å²) >= 11 is 2.99. The Kier molecular flexibility index (Phi) is 4.52. The van der Waals surface area contributed by atoms with Crippen LogP contribution in [-0.2, 0) is 4.74 Å². The van der Waals surface area contributed by atoms with Gasteiger partial charge in [0, 0.05) is 17.6 Å². The van der Waals surface area contributed by atoms with Crippen molar-refractivity contribution < 1.29 is 18.3 Å². The van der Waals surface area contributed by atoms with Gasteiger partial charge in [-0.25, -0.2) is 8.78 Å². The van der Waals surface area contributed by atoms with Crippen LogP contribution in [0.1, 0.15) is 23.7 Å². The average Bonchev–Trinajstić information content (AvgIpc) is 2.37. The second-order valence-corrected chi connectivity index (χ2v) is 5.31. The number of hydrogen-bond donors (Lipinski definition) is 0. The fourth-order valence-corrected chi connectivity index (χ4v) is 2.46. The van der Waals surface area contributed by atoms with E-state index in [1.54, 1.807) is 0 Å². The van der Waals surface area contributed by atoms with E-state index in [0.29, 0.717) is 19.7 Å². The molecule has 6 heteroatoms. The molecule has 0 spiro atoms. The molecule has 1 atom stereocenters. The highest BCUT2D eigenvalue weighted by Crippen LogP contribution is 2.22. The van der Waals surface area contributed by atoms with E-state index in [0.717, 1.165) is 18.6 Å². The van der Waals surface area contributed by atoms with Crippen molar-refractivity contribution in [1.82, 2.24) is 4.90 Å². The number of rotatable bonds is 2. The minimum absolute atomic E-state index is 0.0701. The molecule has 0 saturated carbocycles. The van der Waals surface area contributed by atoms with E-state index >= 15 is 0 Å². The molecular formula is C13H14BrF2NO2. The molecule has 1 saturated heterocycles. The van der Waals surface area contributed by atoms with Gasteiger partial charge in [0.1, 0.15) is 17.2 Å². The molecule has 1 aliphatic heterocycles. The molecule has 1 amide bonds. The average molecular weight is 334 g/mol. The Morgan fingerprint density at radius 1 is 1.47 bits per heavy atom. The van der Waals surface area contributed by atoms with Crippen LogP contribution in [0.25, 0.3) is 0 Å². The van der Waals surface area contributed by atoms with Gasteiger partial charge in [0.15, 0.2) is 0 Å². The topological polar surface area (TPSA) is 29.5 Å². The Morgan fingerprint density at radius 2 is 2.11 bits per heavy atom. The molecule has 0 bridgehead atoms. The highest BCUT2D eigenvalue weighted by molar-refractivity contribution is 9.10. The van der Waals surface area contributed by atoms with Crippen molar-refractivity contribution in [2.75, 3.05) is 19.7 Å². The van der Waals surface area contributed by atoms with Crippen LogP contribution in [0.15, 0.2) is 16.6 Å². The van der Waals surface area contributed by atoms with E-state index in [9.17, 15) is 13.6 Å². The number of morpholine rings is 1. The number of halogens is 3. The van der Waals surface area contributed by atoms with E-state index < -0.39 is 23.1 Å². The molecule has 0 aliphatic carbocycles. The van der Waals surface area contributed by atoms with Crippen molar-refractivity contribution in [3.05, 3.63) is 33.8 Å². The maximum Gasteiger partial charge on any atom is 0.259 e. The van der Waals surface area contributed by atoms with Gasteiger partial charge in [-0.2, -0.15) is 0 Å². The Balaban J connectivity index is 2.24. The van der Waals surface area contributed by atoms with Crippen molar-refractivity contribution in [3.8, 4) is 0 Å². The zero-order valence-electron chi connectivity index (χ0n) is 10.5. The van der Waals surface area contributed by atoms with Gasteiger partial charge in [-0.15, -0.1) is 0 Å². The molecule has 3 nitrogen and oxygen atoms in total. The number of carbonyl (C=O) groups is 1. The molecular weight excluding hydrogens is 320 g/mol. The number of carbonyl (C=O) groups excluding carboxylic acids is 1. The van der Waals surface area contributed by atoms with E-state index in [-0.39, 0.29) is 10.6 Å². The fraction of sp³-hybridized carbons (Fsp3) is 0.462. The third-order valence-electron chi connectivity index (χ3n) is 3.10. The first-order chi connectivity index (χ1) is 9.02. The van der Waals surface area contributed by atoms with Gasteiger partial charge in [-0.1, -0.05) is 22.9 Å². The molecule has 0 aromatic heterocycles. The van der Waals surface area contributed by atoms with Gasteiger partial charge < -0.3 is 9.64 Å². The van der Waals surface area contributed by atoms with E-state index in [1.807, 2.05) is 6.92 Å². The van der Waals surface area contributed by atoms with Crippen molar-refractivity contribution in [3.63, 3.8) is 0 Å². The SMILES string of the molecule is CCC1CN(C(=O)c2c(F)cc(Br)cc2F)CCO1. The quantitative estimate of drug-likeness (QED) is 0.832. The lowest BCUT2D eigenvalue weighted by Gasteiger charge is -2.32. The summed E-state index contributed by atoms with van der Waals surface area (Å²) in [4.78, 5) is 13.6. The summed E-state index contributed by atoms with van der Waals surface area (Å²) in [6, 6.07) is 2.18. The normalized spacial score (nSPS) is 19.6. The highest BCUT2D eigenvalue weighted by Gasteiger charge is 2.28. The highest BCUT2D eigenvalue weighted by atomic mass is 79.9. The summed E-state index contributed by atoms with van der Waals surface area (Å²) in [7, 11) is 0. The minimum Gasteiger partial charge on any atom is -0.375 e. The Hall–Kier alpha value is -1.01. The zero-order valence-corrected chi connectivity index (χ0v) is 12.0. The first-order valence-corrected chi connectivity index (χ1v) is 6.87. The van der Waals surface area contributed by atoms with Gasteiger partial charge in [0.2, 0.25) is 0 Å². The predicted molar refractivity (Wildman–Crippen MR) is 70.0 cm³/mol. The van der Waals surface area contributed by atoms with Crippen LogP contribution in [0.5, 0.6) is 0 Å². The Labute approximate surface area is 118 Å². The Morgan fingerprint density at radius 3 is 2.68 bits per heavy atom. The van der Waals surface area contributed by atoms with Crippen molar-refractivity contribution >= 4 is 21.8 Å². The van der Waals surface area contributed by atoms with Gasteiger partial charge in [-0.05, 0) is 18.6 Å². The lowest BCUT2D eigenvalue weighted by Crippen LogP contribution is -2.45. The van der Waals surface area contributed by atoms with Crippen molar-refractivity contribution in [1.29, 1.82) is 0 Å². The third-order valence-corrected chi connectivity index (χ3v) is 3.56. The van der Waals surface area contributed by atoms with Crippen LogP contribution in [0.3, 0.4) is 0 Å². The standard InChI is InChI=1S/C13H14BrF2NO2/c1-2-9-7-17(3-4-19-9)13(18)12-10(15)5-8(14)6-11(12)16/h5-6,9H,2-4,7H2,1H3. The smallest absolute Gasteiger partial charge is 0.259 e. The van der Waals surface area contributed by atoms with Crippen LogP contribution in [0.4, 0.5) is 8.78 Å². The van der Waals surface area contributed by atoms with Crippen LogP contribution in [0.2, 0.25) is 0 Å². The van der Waals surface area contributed by atoms with Gasteiger partial charge >= 0.3 is 0 Å². The number of nitrogens with zero attached hydrogens (tertiary/aromatic N) is 1. The molecule has 0 radical (unpaired) electrons. The molecule has 1 fully saturated rings. The summed E-state index contributed by atoms with van der Waals surface area (Å²) in [6.07, 6.45) is 0.689. The van der Waals surface area contributed by atoms with Gasteiger partial charge in [0.25, 0.3) is 5.91 Å². The van der Waals surface area contributed by atoms with Crippen molar-refractivity contribution in [2.24, 2.45) is 0 Å². The fourth-order valence-electron chi connectivity index (χ4n) is 2.06. The largest absolute Gasteiger partial charge is 0.375 e. The predicted octanol–water partition coefficient (Wildman–Crippen LogP) is 2.98. The summed E-state index contributed by atoms with van der Waals surface area (Å²) in [5.74, 6) is -2.32. The number of hydrogen-bond acceptors (Lipinski definition) is 2. The van der Waals surface area contributed by atoms with Crippen LogP contribution < -0.4 is 0 Å². The van der Waals surface area contributed by atoms with Crippen LogP contribution >= 0.6 is 15.9 Å². The van der Waals surface area contributed by atoms with E-state index in [1.165, 1.54) is 4.90 Å². The number of benzene rings is 1. The summed E-state index contributed by atoms with van der Waals surface area (Å²) in [5.41, 5.74) is -0.500. The molecule has 1 aliphatic rings. The summed E-state index contributed by atoms with van der Waals surface area (Å²) in [5, 5.41) is 0. The second kappa shape index (κ2) is 5.96. The lowest BCUT2D eigenvalue weighted by molar-refractivity contribution is -0.0229. The molecule has 1 aromatic rings. The van der Waals surface area contributed by atoms with E-state index in [2.05, 4.69) is 15.9 Å². The maximum absolute atomic E-state index is 13.7. The molecule has 2 rings (SSSR count). The molecule has 19 heavy (non-hydrogen) atoms. The molecule has 0 N–H and O–H groups in total. The van der Waals surface area contributed by atoms with E-state index in [4.69, 9.17) is 4.74 Å². The van der Waals surface area contributed by atoms with Gasteiger partial charge in [0.05, 0.1) is 12.7 Å². The molecule has 1 heterocycles. The minimum atomic E-state index is -0.851. The third kappa shape index (κ3) is 3.12. The molecule has 1 unspecified atom stereocenters. The monoisotopic (exact) mass is 333 g/mol. The summed E-state index contributed by atoms with van der Waals surface area (Å²) in [6.45, 7) is 3.05. The van der Waals surface area contributed by atoms with Gasteiger partial charge in [-0.3, -0.25) is 4.79 Å². The summed E-state index contributed by atoms with van der Waals surface area (Å²) < 4.78 is 33.2. The number of amides is 1. The second-order valence-electron chi connectivity index (χ2n) is 4.40. The zero-order chi connectivity index (χ0) is 14.0. The first-order valence-electron chi connectivity index (χ1n) is 6.08. The van der Waals surface area contributed by atoms with Crippen molar-refractivity contribution in [2.45, 2.75) is 19.4 Å². The number of ether oxygens (including phenoxy) is 1. The molecule has 104 valence electrons.